The first kappa shape index (κ1) is 13.4. The fourth-order valence-corrected chi connectivity index (χ4v) is 2.91. The summed E-state index contributed by atoms with van der Waals surface area (Å²) in [7, 11) is 0. The minimum atomic E-state index is -0.711. The lowest BCUT2D eigenvalue weighted by Gasteiger charge is -2.37. The van der Waals surface area contributed by atoms with Gasteiger partial charge >= 0.3 is 0 Å². The van der Waals surface area contributed by atoms with Gasteiger partial charge in [0.25, 0.3) is 0 Å². The molecule has 2 fully saturated rings. The number of carbonyl (C=O) groups is 1. The van der Waals surface area contributed by atoms with Crippen LogP contribution in [0.5, 0.6) is 0 Å². The Morgan fingerprint density at radius 3 is 2.39 bits per heavy atom. The molecular formula is C15H24N2O. The zero-order valence-electron chi connectivity index (χ0n) is 11.6. The zero-order chi connectivity index (χ0) is 13.2. The lowest BCUT2D eigenvalue weighted by atomic mass is 9.74. The summed E-state index contributed by atoms with van der Waals surface area (Å²) < 4.78 is 0. The molecule has 1 amide bonds. The van der Waals surface area contributed by atoms with Crippen molar-refractivity contribution in [3.05, 3.63) is 0 Å². The summed E-state index contributed by atoms with van der Waals surface area (Å²) in [6, 6.07) is 2.57. The smallest absolute Gasteiger partial charge is 0.243 e. The Morgan fingerprint density at radius 2 is 1.94 bits per heavy atom. The van der Waals surface area contributed by atoms with E-state index in [4.69, 9.17) is 0 Å². The molecule has 0 bridgehead atoms. The zero-order valence-corrected chi connectivity index (χ0v) is 11.6. The van der Waals surface area contributed by atoms with Gasteiger partial charge in [-0.1, -0.05) is 19.3 Å². The maximum absolute atomic E-state index is 12.8. The van der Waals surface area contributed by atoms with Crippen LogP contribution in [0.4, 0.5) is 0 Å². The van der Waals surface area contributed by atoms with Crippen LogP contribution in [0.2, 0.25) is 0 Å². The van der Waals surface area contributed by atoms with Crippen molar-refractivity contribution in [2.24, 2.45) is 11.3 Å². The SMILES string of the molecule is CC(C)N(CC1CC1)C(=O)C1(C#N)CCCCC1. The highest BCUT2D eigenvalue weighted by Gasteiger charge is 2.44. The predicted octanol–water partition coefficient (Wildman–Crippen LogP) is 3.11. The van der Waals surface area contributed by atoms with Gasteiger partial charge in [0, 0.05) is 12.6 Å². The first-order valence-electron chi connectivity index (χ1n) is 7.31. The van der Waals surface area contributed by atoms with Crippen LogP contribution in [0.25, 0.3) is 0 Å². The van der Waals surface area contributed by atoms with E-state index in [9.17, 15) is 10.1 Å². The summed E-state index contributed by atoms with van der Waals surface area (Å²) in [6.45, 7) is 4.99. The van der Waals surface area contributed by atoms with Gasteiger partial charge in [-0.25, -0.2) is 0 Å². The van der Waals surface area contributed by atoms with Gasteiger partial charge in [0.15, 0.2) is 0 Å². The van der Waals surface area contributed by atoms with Gasteiger partial charge < -0.3 is 4.90 Å². The molecule has 3 nitrogen and oxygen atoms in total. The molecule has 0 aliphatic heterocycles. The van der Waals surface area contributed by atoms with Crippen LogP contribution in [-0.4, -0.2) is 23.4 Å². The van der Waals surface area contributed by atoms with Crippen LogP contribution >= 0.6 is 0 Å². The average Bonchev–Trinajstić information content (AvgIpc) is 3.19. The quantitative estimate of drug-likeness (QED) is 0.767. The molecule has 0 aromatic rings. The molecule has 2 saturated carbocycles. The molecule has 18 heavy (non-hydrogen) atoms. The molecule has 0 radical (unpaired) electrons. The van der Waals surface area contributed by atoms with Crippen molar-refractivity contribution in [3.8, 4) is 6.07 Å². The molecule has 0 heterocycles. The Bertz CT molecular complexity index is 346. The summed E-state index contributed by atoms with van der Waals surface area (Å²) in [6.07, 6.45) is 7.23. The summed E-state index contributed by atoms with van der Waals surface area (Å²) in [5.74, 6) is 0.794. The Kier molecular flexibility index (Phi) is 3.94. The lowest BCUT2D eigenvalue weighted by Crippen LogP contribution is -2.48. The van der Waals surface area contributed by atoms with Crippen LogP contribution in [0.1, 0.15) is 58.8 Å². The third-order valence-corrected chi connectivity index (χ3v) is 4.37. The Labute approximate surface area is 110 Å². The Morgan fingerprint density at radius 1 is 1.33 bits per heavy atom. The lowest BCUT2D eigenvalue weighted by molar-refractivity contribution is -0.142. The number of nitrogens with zero attached hydrogens (tertiary/aromatic N) is 2. The highest BCUT2D eigenvalue weighted by Crippen LogP contribution is 2.39. The molecule has 0 atom stereocenters. The number of hydrogen-bond donors (Lipinski definition) is 0. The molecule has 0 N–H and O–H groups in total. The summed E-state index contributed by atoms with van der Waals surface area (Å²) in [5, 5.41) is 9.49. The van der Waals surface area contributed by atoms with E-state index in [1.54, 1.807) is 0 Å². The highest BCUT2D eigenvalue weighted by atomic mass is 16.2. The first-order valence-corrected chi connectivity index (χ1v) is 7.31. The molecule has 0 unspecified atom stereocenters. The maximum Gasteiger partial charge on any atom is 0.243 e. The maximum atomic E-state index is 12.8. The third kappa shape index (κ3) is 2.68. The normalized spacial score (nSPS) is 22.6. The number of amides is 1. The molecular weight excluding hydrogens is 224 g/mol. The van der Waals surface area contributed by atoms with E-state index in [0.717, 1.165) is 32.2 Å². The van der Waals surface area contributed by atoms with Crippen LogP contribution in [0.15, 0.2) is 0 Å². The van der Waals surface area contributed by atoms with Gasteiger partial charge in [0.1, 0.15) is 5.41 Å². The number of hydrogen-bond acceptors (Lipinski definition) is 2. The van der Waals surface area contributed by atoms with E-state index in [-0.39, 0.29) is 11.9 Å². The van der Waals surface area contributed by atoms with E-state index in [1.165, 1.54) is 19.3 Å². The number of nitriles is 1. The van der Waals surface area contributed by atoms with E-state index in [0.29, 0.717) is 5.92 Å². The molecule has 0 aromatic carbocycles. The van der Waals surface area contributed by atoms with Crippen molar-refractivity contribution in [3.63, 3.8) is 0 Å². The van der Waals surface area contributed by atoms with Gasteiger partial charge in [-0.2, -0.15) is 5.26 Å². The summed E-state index contributed by atoms with van der Waals surface area (Å²) >= 11 is 0. The third-order valence-electron chi connectivity index (χ3n) is 4.37. The van der Waals surface area contributed by atoms with Crippen LogP contribution in [-0.2, 0) is 4.79 Å². The monoisotopic (exact) mass is 248 g/mol. The molecule has 3 heteroatoms. The second-order valence-corrected chi connectivity index (χ2v) is 6.25. The molecule has 0 saturated heterocycles. The van der Waals surface area contributed by atoms with Crippen LogP contribution in [0, 0.1) is 22.7 Å². The van der Waals surface area contributed by atoms with E-state index >= 15 is 0 Å². The first-order chi connectivity index (χ1) is 8.59. The van der Waals surface area contributed by atoms with Crippen molar-refractivity contribution >= 4 is 5.91 Å². The standard InChI is InChI=1S/C15H24N2O/c1-12(2)17(10-13-6-7-13)14(18)15(11-16)8-4-3-5-9-15/h12-13H,3-10H2,1-2H3. The molecule has 0 spiro atoms. The largest absolute Gasteiger partial charge is 0.339 e. The minimum Gasteiger partial charge on any atom is -0.339 e. The van der Waals surface area contributed by atoms with Gasteiger partial charge in [-0.05, 0) is 45.4 Å². The van der Waals surface area contributed by atoms with Crippen molar-refractivity contribution in [1.29, 1.82) is 5.26 Å². The van der Waals surface area contributed by atoms with Crippen LogP contribution < -0.4 is 0 Å². The number of rotatable bonds is 4. The minimum absolute atomic E-state index is 0.103. The Hall–Kier alpha value is -1.04. The predicted molar refractivity (Wildman–Crippen MR) is 70.7 cm³/mol. The second kappa shape index (κ2) is 5.30. The van der Waals surface area contributed by atoms with Gasteiger partial charge in [-0.3, -0.25) is 4.79 Å². The molecule has 2 aliphatic carbocycles. The van der Waals surface area contributed by atoms with Crippen molar-refractivity contribution in [2.45, 2.75) is 64.8 Å². The summed E-state index contributed by atoms with van der Waals surface area (Å²) in [4.78, 5) is 14.7. The highest BCUT2D eigenvalue weighted by molar-refractivity contribution is 5.85. The summed E-state index contributed by atoms with van der Waals surface area (Å²) in [5.41, 5.74) is -0.711. The van der Waals surface area contributed by atoms with E-state index in [2.05, 4.69) is 19.9 Å². The molecule has 2 rings (SSSR count). The van der Waals surface area contributed by atoms with E-state index in [1.807, 2.05) is 4.90 Å². The molecule has 0 aromatic heterocycles. The average molecular weight is 248 g/mol. The van der Waals surface area contributed by atoms with Crippen molar-refractivity contribution in [1.82, 2.24) is 4.90 Å². The van der Waals surface area contributed by atoms with Crippen molar-refractivity contribution < 1.29 is 4.79 Å². The van der Waals surface area contributed by atoms with E-state index < -0.39 is 5.41 Å². The molecule has 2 aliphatic rings. The van der Waals surface area contributed by atoms with Gasteiger partial charge in [0.2, 0.25) is 5.91 Å². The number of carbonyl (C=O) groups excluding carboxylic acids is 1. The van der Waals surface area contributed by atoms with Gasteiger partial charge in [0.05, 0.1) is 6.07 Å². The van der Waals surface area contributed by atoms with Crippen molar-refractivity contribution in [2.75, 3.05) is 6.54 Å². The fraction of sp³-hybridized carbons (Fsp3) is 0.867. The fourth-order valence-electron chi connectivity index (χ4n) is 2.91. The second-order valence-electron chi connectivity index (χ2n) is 6.25. The van der Waals surface area contributed by atoms with Gasteiger partial charge in [-0.15, -0.1) is 0 Å². The van der Waals surface area contributed by atoms with Crippen LogP contribution in [0.3, 0.4) is 0 Å². The molecule has 100 valence electrons. The Balaban J connectivity index is 2.12. The topological polar surface area (TPSA) is 44.1 Å².